The lowest BCUT2D eigenvalue weighted by Gasteiger charge is -2.23. The lowest BCUT2D eigenvalue weighted by molar-refractivity contribution is 0.0455. The van der Waals surface area contributed by atoms with E-state index in [1.807, 2.05) is 0 Å². The zero-order valence-electron chi connectivity index (χ0n) is 11.6. The fraction of sp³-hybridized carbons (Fsp3) is 0.286. The smallest absolute Gasteiger partial charge is 0.410 e. The van der Waals surface area contributed by atoms with E-state index in [9.17, 15) is 20.1 Å². The summed E-state index contributed by atoms with van der Waals surface area (Å²) < 4.78 is 9.97. The number of hydrogen-bond acceptors (Lipinski definition) is 7. The molecule has 0 radical (unpaired) electrons. The molecular formula is C14H16N2O6. The van der Waals surface area contributed by atoms with E-state index in [1.165, 1.54) is 6.07 Å². The van der Waals surface area contributed by atoms with Crippen molar-refractivity contribution in [3.63, 3.8) is 0 Å². The molecule has 0 aliphatic rings. The Labute approximate surface area is 125 Å². The van der Waals surface area contributed by atoms with Crippen LogP contribution in [0.1, 0.15) is 5.76 Å². The minimum absolute atomic E-state index is 0.0376. The first-order valence-electron chi connectivity index (χ1n) is 6.47. The largest absolute Gasteiger partial charge is 0.418 e. The maximum atomic E-state index is 11.7. The number of benzene rings is 1. The molecule has 1 heterocycles. The Bertz CT molecular complexity index is 601. The molecular weight excluding hydrogens is 292 g/mol. The van der Waals surface area contributed by atoms with Gasteiger partial charge in [0.15, 0.2) is 11.6 Å². The summed E-state index contributed by atoms with van der Waals surface area (Å²) in [6.07, 6.45) is -0.770. The number of carbonyl (C=O) groups excluding carboxylic acids is 1. The molecule has 0 saturated carbocycles. The van der Waals surface area contributed by atoms with Gasteiger partial charge in [0.25, 0.3) is 0 Å². The highest BCUT2D eigenvalue weighted by Gasteiger charge is 2.35. The van der Waals surface area contributed by atoms with Gasteiger partial charge < -0.3 is 24.6 Å². The molecule has 118 valence electrons. The molecule has 0 fully saturated rings. The van der Waals surface area contributed by atoms with Gasteiger partial charge in [0.05, 0.1) is 19.8 Å². The summed E-state index contributed by atoms with van der Waals surface area (Å²) in [6.45, 7) is -1.62. The van der Waals surface area contributed by atoms with Gasteiger partial charge in [0.1, 0.15) is 11.2 Å². The van der Waals surface area contributed by atoms with Crippen LogP contribution in [-0.2, 0) is 5.41 Å². The predicted molar refractivity (Wildman–Crippen MR) is 75.5 cm³/mol. The second-order valence-corrected chi connectivity index (χ2v) is 4.66. The number of aromatic nitrogens is 1. The number of nitrogens with one attached hydrogen (secondary N) is 1. The Kier molecular flexibility index (Phi) is 5.10. The van der Waals surface area contributed by atoms with Crippen LogP contribution in [0.4, 0.5) is 10.6 Å². The van der Waals surface area contributed by atoms with Crippen molar-refractivity contribution in [3.8, 4) is 5.75 Å². The van der Waals surface area contributed by atoms with Crippen molar-refractivity contribution in [1.82, 2.24) is 5.16 Å². The van der Waals surface area contributed by atoms with Crippen LogP contribution in [0.15, 0.2) is 40.9 Å². The van der Waals surface area contributed by atoms with Crippen LogP contribution in [0, 0.1) is 0 Å². The van der Waals surface area contributed by atoms with E-state index in [2.05, 4.69) is 10.5 Å². The first kappa shape index (κ1) is 16.0. The van der Waals surface area contributed by atoms with E-state index in [0.29, 0.717) is 5.75 Å². The summed E-state index contributed by atoms with van der Waals surface area (Å²) in [7, 11) is 0. The van der Waals surface area contributed by atoms with E-state index in [4.69, 9.17) is 9.26 Å². The molecule has 0 aliphatic heterocycles. The van der Waals surface area contributed by atoms with Crippen molar-refractivity contribution in [2.75, 3.05) is 25.1 Å². The van der Waals surface area contributed by atoms with Gasteiger partial charge in [0.2, 0.25) is 0 Å². The number of aliphatic hydroxyl groups is 3. The maximum Gasteiger partial charge on any atom is 0.418 e. The summed E-state index contributed by atoms with van der Waals surface area (Å²) in [5, 5.41) is 33.8. The number of hydrogen-bond donors (Lipinski definition) is 4. The number of rotatable bonds is 6. The quantitative estimate of drug-likeness (QED) is 0.612. The summed E-state index contributed by atoms with van der Waals surface area (Å²) in [5.41, 5.74) is -1.36. The monoisotopic (exact) mass is 308 g/mol. The molecule has 0 unspecified atom stereocenters. The van der Waals surface area contributed by atoms with Crippen LogP contribution in [0.5, 0.6) is 5.75 Å². The Hall–Kier alpha value is -2.42. The first-order valence-corrected chi connectivity index (χ1v) is 6.47. The number of ether oxygens (including phenoxy) is 1. The Morgan fingerprint density at radius 3 is 2.41 bits per heavy atom. The number of aliphatic hydroxyl groups excluding tert-OH is 3. The van der Waals surface area contributed by atoms with Crippen molar-refractivity contribution >= 4 is 11.9 Å². The third-order valence-electron chi connectivity index (χ3n) is 3.12. The van der Waals surface area contributed by atoms with Crippen LogP contribution in [0.25, 0.3) is 0 Å². The number of anilines is 1. The SMILES string of the molecule is O=C(Nc1cc(C(CO)(CO)CO)on1)Oc1ccccc1. The van der Waals surface area contributed by atoms with E-state index in [1.54, 1.807) is 30.3 Å². The van der Waals surface area contributed by atoms with Crippen molar-refractivity contribution in [1.29, 1.82) is 0 Å². The van der Waals surface area contributed by atoms with Crippen molar-refractivity contribution in [2.45, 2.75) is 5.41 Å². The molecule has 0 aliphatic carbocycles. The molecule has 8 heteroatoms. The van der Waals surface area contributed by atoms with E-state index in [0.717, 1.165) is 0 Å². The average Bonchev–Trinajstić information content (AvgIpc) is 2.99. The van der Waals surface area contributed by atoms with Crippen LogP contribution in [0.2, 0.25) is 0 Å². The first-order chi connectivity index (χ1) is 10.6. The zero-order chi connectivity index (χ0) is 16.0. The minimum atomic E-state index is -1.36. The normalized spacial score (nSPS) is 11.2. The predicted octanol–water partition coefficient (Wildman–Crippen LogP) is 0.500. The molecule has 2 rings (SSSR count). The lowest BCUT2D eigenvalue weighted by Crippen LogP contribution is -2.38. The van der Waals surface area contributed by atoms with E-state index < -0.39 is 31.3 Å². The molecule has 0 saturated heterocycles. The number of amides is 1. The molecule has 4 N–H and O–H groups in total. The molecule has 1 amide bonds. The molecule has 1 aromatic carbocycles. The minimum Gasteiger partial charge on any atom is -0.410 e. The van der Waals surface area contributed by atoms with E-state index in [-0.39, 0.29) is 11.6 Å². The van der Waals surface area contributed by atoms with Gasteiger partial charge >= 0.3 is 6.09 Å². The second kappa shape index (κ2) is 7.03. The highest BCUT2D eigenvalue weighted by atomic mass is 16.6. The van der Waals surface area contributed by atoms with Gasteiger partial charge in [-0.25, -0.2) is 4.79 Å². The summed E-state index contributed by atoms with van der Waals surface area (Å²) in [5.74, 6) is 0.449. The van der Waals surface area contributed by atoms with Crippen LogP contribution >= 0.6 is 0 Å². The van der Waals surface area contributed by atoms with Gasteiger partial charge in [-0.05, 0) is 12.1 Å². The molecule has 0 bridgehead atoms. The second-order valence-electron chi connectivity index (χ2n) is 4.66. The standard InChI is InChI=1S/C14H16N2O6/c17-7-14(8-18,9-19)11-6-12(16-22-11)15-13(20)21-10-4-2-1-3-5-10/h1-6,17-19H,7-9H2,(H,15,16,20). The van der Waals surface area contributed by atoms with Crippen molar-refractivity contribution in [2.24, 2.45) is 0 Å². The van der Waals surface area contributed by atoms with Crippen LogP contribution in [0.3, 0.4) is 0 Å². The highest BCUT2D eigenvalue weighted by Crippen LogP contribution is 2.25. The summed E-state index contributed by atoms with van der Waals surface area (Å²) in [6, 6.07) is 9.75. The Morgan fingerprint density at radius 2 is 1.82 bits per heavy atom. The van der Waals surface area contributed by atoms with Gasteiger partial charge in [-0.1, -0.05) is 23.4 Å². The van der Waals surface area contributed by atoms with Gasteiger partial charge in [-0.3, -0.25) is 5.32 Å². The van der Waals surface area contributed by atoms with Crippen molar-refractivity contribution in [3.05, 3.63) is 42.2 Å². The molecule has 0 spiro atoms. The van der Waals surface area contributed by atoms with Gasteiger partial charge in [-0.15, -0.1) is 0 Å². The third-order valence-corrected chi connectivity index (χ3v) is 3.12. The lowest BCUT2D eigenvalue weighted by atomic mass is 9.88. The maximum absolute atomic E-state index is 11.7. The highest BCUT2D eigenvalue weighted by molar-refractivity contribution is 5.85. The van der Waals surface area contributed by atoms with Gasteiger partial charge in [-0.2, -0.15) is 0 Å². The molecule has 8 nitrogen and oxygen atoms in total. The van der Waals surface area contributed by atoms with E-state index >= 15 is 0 Å². The molecule has 0 atom stereocenters. The molecule has 2 aromatic rings. The molecule has 22 heavy (non-hydrogen) atoms. The number of para-hydroxylation sites is 1. The topological polar surface area (TPSA) is 125 Å². The van der Waals surface area contributed by atoms with Gasteiger partial charge in [0, 0.05) is 6.07 Å². The fourth-order valence-electron chi connectivity index (χ4n) is 1.69. The zero-order valence-corrected chi connectivity index (χ0v) is 11.6. The fourth-order valence-corrected chi connectivity index (χ4v) is 1.69. The summed E-state index contributed by atoms with van der Waals surface area (Å²) in [4.78, 5) is 11.7. The third kappa shape index (κ3) is 3.42. The molecule has 1 aromatic heterocycles. The Morgan fingerprint density at radius 1 is 1.18 bits per heavy atom. The van der Waals surface area contributed by atoms with Crippen LogP contribution < -0.4 is 10.1 Å². The van der Waals surface area contributed by atoms with Crippen molar-refractivity contribution < 1.29 is 29.4 Å². The summed E-state index contributed by atoms with van der Waals surface area (Å²) >= 11 is 0. The Balaban J connectivity index is 2.04. The van der Waals surface area contributed by atoms with Crippen LogP contribution in [-0.4, -0.2) is 46.4 Å². The average molecular weight is 308 g/mol. The number of carbonyl (C=O) groups is 1. The number of nitrogens with zero attached hydrogens (tertiary/aromatic N) is 1.